The third kappa shape index (κ3) is 2.42. The molecule has 0 atom stereocenters. The lowest BCUT2D eigenvalue weighted by Crippen LogP contribution is -2.06. The second-order valence-electron chi connectivity index (χ2n) is 3.64. The van der Waals surface area contributed by atoms with Gasteiger partial charge in [-0.25, -0.2) is 0 Å². The van der Waals surface area contributed by atoms with Gasteiger partial charge in [0, 0.05) is 12.0 Å². The Hall–Kier alpha value is -1.55. The van der Waals surface area contributed by atoms with Crippen molar-refractivity contribution in [1.29, 1.82) is 0 Å². The SMILES string of the molecule is CCc1nnc(Cl)n1Cc1ccccc1OC. The molecule has 0 spiro atoms. The molecule has 0 saturated carbocycles. The van der Waals surface area contributed by atoms with Crippen molar-refractivity contribution in [2.45, 2.75) is 19.9 Å². The molecule has 5 heteroatoms. The summed E-state index contributed by atoms with van der Waals surface area (Å²) in [6, 6.07) is 7.85. The summed E-state index contributed by atoms with van der Waals surface area (Å²) in [6.45, 7) is 2.65. The number of para-hydroxylation sites is 1. The number of aromatic nitrogens is 3. The second kappa shape index (κ2) is 5.19. The first-order valence-electron chi connectivity index (χ1n) is 5.45. The first kappa shape index (κ1) is 11.9. The molecule has 0 fully saturated rings. The maximum Gasteiger partial charge on any atom is 0.225 e. The Morgan fingerprint density at radius 3 is 2.76 bits per heavy atom. The topological polar surface area (TPSA) is 39.9 Å². The van der Waals surface area contributed by atoms with Crippen LogP contribution in [0.5, 0.6) is 5.75 Å². The predicted molar refractivity (Wildman–Crippen MR) is 66.5 cm³/mol. The highest BCUT2D eigenvalue weighted by Crippen LogP contribution is 2.20. The van der Waals surface area contributed by atoms with Gasteiger partial charge in [0.25, 0.3) is 0 Å². The zero-order valence-electron chi connectivity index (χ0n) is 9.85. The van der Waals surface area contributed by atoms with Crippen molar-refractivity contribution in [3.63, 3.8) is 0 Å². The Labute approximate surface area is 105 Å². The van der Waals surface area contributed by atoms with E-state index >= 15 is 0 Å². The van der Waals surface area contributed by atoms with Gasteiger partial charge in [0.15, 0.2) is 0 Å². The fourth-order valence-corrected chi connectivity index (χ4v) is 1.93. The van der Waals surface area contributed by atoms with Crippen molar-refractivity contribution in [2.75, 3.05) is 7.11 Å². The number of hydrogen-bond donors (Lipinski definition) is 0. The molecule has 2 aromatic rings. The smallest absolute Gasteiger partial charge is 0.225 e. The summed E-state index contributed by atoms with van der Waals surface area (Å²) >= 11 is 6.02. The molecule has 0 aliphatic rings. The molecule has 0 aliphatic heterocycles. The van der Waals surface area contributed by atoms with Gasteiger partial charge in [-0.15, -0.1) is 10.2 Å². The van der Waals surface area contributed by atoms with Gasteiger partial charge in [-0.2, -0.15) is 0 Å². The van der Waals surface area contributed by atoms with E-state index in [1.165, 1.54) is 0 Å². The molecular weight excluding hydrogens is 238 g/mol. The van der Waals surface area contributed by atoms with Crippen LogP contribution in [0.2, 0.25) is 5.28 Å². The van der Waals surface area contributed by atoms with Gasteiger partial charge in [0.1, 0.15) is 11.6 Å². The van der Waals surface area contributed by atoms with Crippen LogP contribution in [0.1, 0.15) is 18.3 Å². The first-order valence-corrected chi connectivity index (χ1v) is 5.83. The highest BCUT2D eigenvalue weighted by molar-refractivity contribution is 6.28. The van der Waals surface area contributed by atoms with Crippen molar-refractivity contribution < 1.29 is 4.74 Å². The summed E-state index contributed by atoms with van der Waals surface area (Å²) in [5.74, 6) is 1.72. The summed E-state index contributed by atoms with van der Waals surface area (Å²) in [5.41, 5.74) is 1.06. The summed E-state index contributed by atoms with van der Waals surface area (Å²) in [6.07, 6.45) is 0.800. The number of halogens is 1. The molecule has 0 N–H and O–H groups in total. The van der Waals surface area contributed by atoms with E-state index in [1.807, 2.05) is 35.8 Å². The maximum atomic E-state index is 6.02. The lowest BCUT2D eigenvalue weighted by molar-refractivity contribution is 0.408. The molecule has 90 valence electrons. The quantitative estimate of drug-likeness (QED) is 0.839. The van der Waals surface area contributed by atoms with Gasteiger partial charge in [0.2, 0.25) is 5.28 Å². The molecule has 0 radical (unpaired) electrons. The Bertz CT molecular complexity index is 510. The molecule has 0 amide bonds. The number of nitrogens with zero attached hydrogens (tertiary/aromatic N) is 3. The van der Waals surface area contributed by atoms with Crippen LogP contribution >= 0.6 is 11.6 Å². The molecule has 0 bridgehead atoms. The normalized spacial score (nSPS) is 10.5. The fourth-order valence-electron chi connectivity index (χ4n) is 1.74. The Morgan fingerprint density at radius 1 is 1.29 bits per heavy atom. The summed E-state index contributed by atoms with van der Waals surface area (Å²) in [5, 5.41) is 8.31. The van der Waals surface area contributed by atoms with Gasteiger partial charge in [-0.3, -0.25) is 4.57 Å². The molecule has 17 heavy (non-hydrogen) atoms. The molecule has 1 heterocycles. The van der Waals surface area contributed by atoms with Crippen LogP contribution in [0, 0.1) is 0 Å². The maximum absolute atomic E-state index is 6.02. The van der Waals surface area contributed by atoms with E-state index < -0.39 is 0 Å². The second-order valence-corrected chi connectivity index (χ2v) is 3.97. The Morgan fingerprint density at radius 2 is 2.06 bits per heavy atom. The lowest BCUT2D eigenvalue weighted by atomic mass is 10.2. The molecule has 1 aromatic heterocycles. The molecule has 1 aromatic carbocycles. The van der Waals surface area contributed by atoms with Crippen LogP contribution in [0.3, 0.4) is 0 Å². The Kier molecular flexibility index (Phi) is 3.64. The predicted octanol–water partition coefficient (Wildman–Crippen LogP) is 2.55. The molecule has 0 unspecified atom stereocenters. The van der Waals surface area contributed by atoms with E-state index in [-0.39, 0.29) is 0 Å². The van der Waals surface area contributed by atoms with E-state index in [9.17, 15) is 0 Å². The van der Waals surface area contributed by atoms with Crippen LogP contribution in [0.25, 0.3) is 0 Å². The van der Waals surface area contributed by atoms with Crippen molar-refractivity contribution in [3.05, 3.63) is 40.9 Å². The van der Waals surface area contributed by atoms with Crippen molar-refractivity contribution in [2.24, 2.45) is 0 Å². The molecule has 0 saturated heterocycles. The minimum atomic E-state index is 0.410. The van der Waals surface area contributed by atoms with Gasteiger partial charge < -0.3 is 4.74 Å². The molecule has 4 nitrogen and oxygen atoms in total. The van der Waals surface area contributed by atoms with E-state index in [0.717, 1.165) is 23.6 Å². The van der Waals surface area contributed by atoms with Gasteiger partial charge in [-0.05, 0) is 17.7 Å². The molecule has 0 aliphatic carbocycles. The summed E-state index contributed by atoms with van der Waals surface area (Å²) in [7, 11) is 1.66. The third-order valence-corrected chi connectivity index (χ3v) is 2.90. The average molecular weight is 252 g/mol. The lowest BCUT2D eigenvalue weighted by Gasteiger charge is -2.10. The largest absolute Gasteiger partial charge is 0.496 e. The van der Waals surface area contributed by atoms with Gasteiger partial charge in [0.05, 0.1) is 13.7 Å². The molecular formula is C12H14ClN3O. The third-order valence-electron chi connectivity index (χ3n) is 2.62. The van der Waals surface area contributed by atoms with Crippen LogP contribution in [-0.4, -0.2) is 21.9 Å². The first-order chi connectivity index (χ1) is 8.26. The standard InChI is InChI=1S/C12H14ClN3O/c1-3-11-14-15-12(13)16(11)8-9-6-4-5-7-10(9)17-2/h4-7H,3,8H2,1-2H3. The van der Waals surface area contributed by atoms with E-state index in [1.54, 1.807) is 7.11 Å². The van der Waals surface area contributed by atoms with Crippen LogP contribution in [0.4, 0.5) is 0 Å². The summed E-state index contributed by atoms with van der Waals surface area (Å²) < 4.78 is 7.20. The number of methoxy groups -OCH3 is 1. The van der Waals surface area contributed by atoms with E-state index in [0.29, 0.717) is 11.8 Å². The molecule has 2 rings (SSSR count). The Balaban J connectivity index is 2.34. The average Bonchev–Trinajstić information content (AvgIpc) is 2.71. The number of ether oxygens (including phenoxy) is 1. The van der Waals surface area contributed by atoms with E-state index in [2.05, 4.69) is 10.2 Å². The van der Waals surface area contributed by atoms with Crippen molar-refractivity contribution in [1.82, 2.24) is 14.8 Å². The minimum Gasteiger partial charge on any atom is -0.496 e. The van der Waals surface area contributed by atoms with Crippen LogP contribution in [-0.2, 0) is 13.0 Å². The van der Waals surface area contributed by atoms with Crippen molar-refractivity contribution in [3.8, 4) is 5.75 Å². The van der Waals surface area contributed by atoms with Crippen LogP contribution < -0.4 is 4.74 Å². The zero-order chi connectivity index (χ0) is 12.3. The fraction of sp³-hybridized carbons (Fsp3) is 0.333. The summed E-state index contributed by atoms with van der Waals surface area (Å²) in [4.78, 5) is 0. The highest BCUT2D eigenvalue weighted by Gasteiger charge is 2.11. The number of aryl methyl sites for hydroxylation is 1. The monoisotopic (exact) mass is 251 g/mol. The number of rotatable bonds is 4. The number of hydrogen-bond acceptors (Lipinski definition) is 3. The minimum absolute atomic E-state index is 0.410. The number of benzene rings is 1. The highest BCUT2D eigenvalue weighted by atomic mass is 35.5. The van der Waals surface area contributed by atoms with Gasteiger partial charge >= 0.3 is 0 Å². The van der Waals surface area contributed by atoms with Crippen molar-refractivity contribution >= 4 is 11.6 Å². The zero-order valence-corrected chi connectivity index (χ0v) is 10.6. The van der Waals surface area contributed by atoms with E-state index in [4.69, 9.17) is 16.3 Å². The van der Waals surface area contributed by atoms with Gasteiger partial charge in [-0.1, -0.05) is 25.1 Å². The van der Waals surface area contributed by atoms with Crippen LogP contribution in [0.15, 0.2) is 24.3 Å².